The third kappa shape index (κ3) is 5.95. The Bertz CT molecular complexity index is 1110. The van der Waals surface area contributed by atoms with Crippen LogP contribution in [-0.4, -0.2) is 40.2 Å². The number of hydrogen-bond acceptors (Lipinski definition) is 9. The van der Waals surface area contributed by atoms with E-state index in [1.54, 1.807) is 6.92 Å². The molecule has 29 heavy (non-hydrogen) atoms. The maximum absolute atomic E-state index is 12.4. The highest BCUT2D eigenvalue weighted by molar-refractivity contribution is 7.99. The van der Waals surface area contributed by atoms with E-state index in [-0.39, 0.29) is 21.7 Å². The smallest absolute Gasteiger partial charge is 0.263 e. The summed E-state index contributed by atoms with van der Waals surface area (Å²) in [5, 5.41) is 11.6. The van der Waals surface area contributed by atoms with Crippen molar-refractivity contribution < 1.29 is 13.2 Å². The highest BCUT2D eigenvalue weighted by atomic mass is 32.2. The summed E-state index contributed by atoms with van der Waals surface area (Å²) in [4.78, 5) is 20.8. The van der Waals surface area contributed by atoms with Crippen molar-refractivity contribution in [2.24, 2.45) is 0 Å². The lowest BCUT2D eigenvalue weighted by atomic mass is 10.3. The fraction of sp³-hybridized carbons (Fsp3) is 0.235. The maximum Gasteiger partial charge on any atom is 0.263 e. The number of nitrogens with one attached hydrogen (secondary N) is 2. The van der Waals surface area contributed by atoms with E-state index in [2.05, 4.69) is 30.2 Å². The summed E-state index contributed by atoms with van der Waals surface area (Å²) in [5.74, 6) is -0.100. The van der Waals surface area contributed by atoms with Crippen molar-refractivity contribution >= 4 is 49.8 Å². The fourth-order valence-electron chi connectivity index (χ4n) is 2.31. The molecule has 0 fully saturated rings. The van der Waals surface area contributed by atoms with E-state index >= 15 is 0 Å². The van der Waals surface area contributed by atoms with Crippen LogP contribution in [0.2, 0.25) is 0 Å². The Morgan fingerprint density at radius 3 is 2.31 bits per heavy atom. The van der Waals surface area contributed by atoms with E-state index in [1.807, 2.05) is 19.9 Å². The van der Waals surface area contributed by atoms with Crippen molar-refractivity contribution in [3.63, 3.8) is 0 Å². The zero-order valence-electron chi connectivity index (χ0n) is 15.8. The van der Waals surface area contributed by atoms with Gasteiger partial charge in [-0.05, 0) is 51.1 Å². The molecule has 2 heterocycles. The third-order valence-corrected chi connectivity index (χ3v) is 6.58. The monoisotopic (exact) mass is 450 g/mol. The van der Waals surface area contributed by atoms with Crippen LogP contribution < -0.4 is 10.0 Å². The van der Waals surface area contributed by atoms with Crippen LogP contribution in [0.5, 0.6) is 0 Å². The molecule has 0 unspecified atom stereocenters. The molecule has 0 atom stereocenters. The molecule has 0 aliphatic rings. The molecule has 3 aromatic rings. The predicted molar refractivity (Wildman–Crippen MR) is 113 cm³/mol. The second-order valence-corrected chi connectivity index (χ2v) is 9.83. The molecule has 0 bridgehead atoms. The Morgan fingerprint density at radius 1 is 1.07 bits per heavy atom. The van der Waals surface area contributed by atoms with Gasteiger partial charge < -0.3 is 5.32 Å². The van der Waals surface area contributed by atoms with Crippen LogP contribution in [0, 0.1) is 20.8 Å². The van der Waals surface area contributed by atoms with Crippen LogP contribution in [0.3, 0.4) is 0 Å². The molecule has 0 saturated carbocycles. The number of carbonyl (C=O) groups is 1. The quantitative estimate of drug-likeness (QED) is 0.416. The Kier molecular flexibility index (Phi) is 6.45. The van der Waals surface area contributed by atoms with Gasteiger partial charge in [-0.1, -0.05) is 23.1 Å². The summed E-state index contributed by atoms with van der Waals surface area (Å²) >= 11 is 2.38. The summed E-state index contributed by atoms with van der Waals surface area (Å²) in [6.45, 7) is 5.47. The van der Waals surface area contributed by atoms with Crippen molar-refractivity contribution in [1.29, 1.82) is 0 Å². The van der Waals surface area contributed by atoms with Crippen molar-refractivity contribution in [3.05, 3.63) is 46.7 Å². The number of rotatable bonds is 7. The normalized spacial score (nSPS) is 11.3. The average molecular weight is 451 g/mol. The second kappa shape index (κ2) is 8.84. The highest BCUT2D eigenvalue weighted by Gasteiger charge is 2.16. The van der Waals surface area contributed by atoms with Gasteiger partial charge in [0.25, 0.3) is 10.0 Å². The number of carbonyl (C=O) groups excluding carboxylic acids is 1. The number of aromatic nitrogens is 4. The molecular weight excluding hydrogens is 432 g/mol. The lowest BCUT2D eigenvalue weighted by molar-refractivity contribution is -0.113. The van der Waals surface area contributed by atoms with Crippen LogP contribution in [0.1, 0.15) is 16.4 Å². The lowest BCUT2D eigenvalue weighted by Crippen LogP contribution is -2.15. The maximum atomic E-state index is 12.4. The van der Waals surface area contributed by atoms with Gasteiger partial charge in [0.1, 0.15) is 5.01 Å². The van der Waals surface area contributed by atoms with E-state index in [0.29, 0.717) is 15.9 Å². The number of aryl methyl sites for hydroxylation is 3. The van der Waals surface area contributed by atoms with Crippen LogP contribution in [0.15, 0.2) is 40.4 Å². The molecule has 0 aliphatic carbocycles. The molecule has 2 aromatic heterocycles. The Labute approximate surface area is 176 Å². The number of sulfonamides is 1. The largest absolute Gasteiger partial charge is 0.325 e. The minimum atomic E-state index is -3.78. The third-order valence-electron chi connectivity index (χ3n) is 3.49. The molecule has 12 heteroatoms. The summed E-state index contributed by atoms with van der Waals surface area (Å²) < 4.78 is 27.1. The first-order valence-corrected chi connectivity index (χ1v) is 11.7. The molecule has 152 valence electrons. The molecular formula is C17H18N6O3S3. The van der Waals surface area contributed by atoms with Gasteiger partial charge in [-0.2, -0.15) is 0 Å². The number of hydrogen-bond donors (Lipinski definition) is 2. The Morgan fingerprint density at radius 2 is 1.72 bits per heavy atom. The summed E-state index contributed by atoms with van der Waals surface area (Å²) in [5.41, 5.74) is 2.17. The molecule has 0 saturated heterocycles. The van der Waals surface area contributed by atoms with Gasteiger partial charge >= 0.3 is 0 Å². The van der Waals surface area contributed by atoms with Gasteiger partial charge in [0, 0.05) is 17.1 Å². The molecule has 3 rings (SSSR count). The first-order chi connectivity index (χ1) is 13.7. The summed E-state index contributed by atoms with van der Waals surface area (Å²) in [6, 6.07) is 7.73. The van der Waals surface area contributed by atoms with Crippen molar-refractivity contribution in [2.75, 3.05) is 15.8 Å². The number of amides is 1. The van der Waals surface area contributed by atoms with Gasteiger partial charge in [0.05, 0.1) is 10.6 Å². The van der Waals surface area contributed by atoms with Crippen LogP contribution in [0.25, 0.3) is 0 Å². The standard InChI is InChI=1S/C17H18N6O3S3/c1-10-8-11(2)19-16(18-10)27-9-15(24)20-13-4-6-14(7-5-13)29(25,26)23-17-22-21-12(3)28-17/h4-8H,9H2,1-3H3,(H,20,24)(H,22,23). The van der Waals surface area contributed by atoms with E-state index in [1.165, 1.54) is 36.0 Å². The zero-order chi connectivity index (χ0) is 21.0. The molecule has 0 spiro atoms. The Balaban J connectivity index is 1.58. The Hall–Kier alpha value is -2.57. The topological polar surface area (TPSA) is 127 Å². The van der Waals surface area contributed by atoms with Crippen LogP contribution >= 0.6 is 23.1 Å². The predicted octanol–water partition coefficient (Wildman–Crippen LogP) is 2.78. The van der Waals surface area contributed by atoms with Crippen molar-refractivity contribution in [1.82, 2.24) is 20.2 Å². The first kappa shape index (κ1) is 21.1. The van der Waals surface area contributed by atoms with Gasteiger partial charge in [-0.25, -0.2) is 18.4 Å². The number of thioether (sulfide) groups is 1. The van der Waals surface area contributed by atoms with E-state index in [4.69, 9.17) is 0 Å². The summed E-state index contributed by atoms with van der Waals surface area (Å²) in [7, 11) is -3.78. The van der Waals surface area contributed by atoms with Gasteiger partial charge in [-0.15, -0.1) is 10.2 Å². The van der Waals surface area contributed by atoms with Crippen molar-refractivity contribution in [3.8, 4) is 0 Å². The molecule has 1 amide bonds. The van der Waals surface area contributed by atoms with Crippen molar-refractivity contribution in [2.45, 2.75) is 30.8 Å². The lowest BCUT2D eigenvalue weighted by Gasteiger charge is -2.08. The van der Waals surface area contributed by atoms with E-state index < -0.39 is 10.0 Å². The number of benzene rings is 1. The number of nitrogens with zero attached hydrogens (tertiary/aromatic N) is 4. The molecule has 0 radical (unpaired) electrons. The van der Waals surface area contributed by atoms with Gasteiger partial charge in [0.15, 0.2) is 5.16 Å². The second-order valence-electron chi connectivity index (χ2n) is 6.03. The van der Waals surface area contributed by atoms with E-state index in [9.17, 15) is 13.2 Å². The highest BCUT2D eigenvalue weighted by Crippen LogP contribution is 2.21. The first-order valence-electron chi connectivity index (χ1n) is 8.39. The van der Waals surface area contributed by atoms with Crippen LogP contribution in [-0.2, 0) is 14.8 Å². The van der Waals surface area contributed by atoms with Gasteiger partial charge in [-0.3, -0.25) is 9.52 Å². The number of anilines is 2. The minimum absolute atomic E-state index is 0.0568. The SMILES string of the molecule is Cc1cc(C)nc(SCC(=O)Nc2ccc(S(=O)(=O)Nc3nnc(C)s3)cc2)n1. The summed E-state index contributed by atoms with van der Waals surface area (Å²) in [6.07, 6.45) is 0. The van der Waals surface area contributed by atoms with Gasteiger partial charge in [0.2, 0.25) is 11.0 Å². The zero-order valence-corrected chi connectivity index (χ0v) is 18.3. The minimum Gasteiger partial charge on any atom is -0.325 e. The fourth-order valence-corrected chi connectivity index (χ4v) is 4.89. The molecule has 2 N–H and O–H groups in total. The molecule has 0 aliphatic heterocycles. The molecule has 9 nitrogen and oxygen atoms in total. The van der Waals surface area contributed by atoms with E-state index in [0.717, 1.165) is 22.7 Å². The average Bonchev–Trinajstić information content (AvgIpc) is 3.04. The van der Waals surface area contributed by atoms with Crippen LogP contribution in [0.4, 0.5) is 10.8 Å². The molecule has 1 aromatic carbocycles.